The Labute approximate surface area is 548 Å². The van der Waals surface area contributed by atoms with Crippen molar-refractivity contribution in [3.8, 4) is 0 Å². The molecule has 13 atom stereocenters. The van der Waals surface area contributed by atoms with Gasteiger partial charge in [0.25, 0.3) is 0 Å². The summed E-state index contributed by atoms with van der Waals surface area (Å²) < 4.78 is 5.79. The summed E-state index contributed by atoms with van der Waals surface area (Å²) in [7, 11) is 9.51. The highest BCUT2D eigenvalue weighted by Crippen LogP contribution is 2.26. The molecule has 0 spiro atoms. The van der Waals surface area contributed by atoms with E-state index in [2.05, 4.69) is 21.3 Å². The summed E-state index contributed by atoms with van der Waals surface area (Å²) in [6.45, 7) is 27.7. The number of aliphatic hydroxyl groups excluding tert-OH is 1. The Morgan fingerprint density at radius 2 is 0.946 bits per heavy atom. The van der Waals surface area contributed by atoms with Crippen LogP contribution in [0.2, 0.25) is 0 Å². The first kappa shape index (κ1) is 83.5. The van der Waals surface area contributed by atoms with Gasteiger partial charge >= 0.3 is 0 Å². The third-order valence-corrected chi connectivity index (χ3v) is 17.0. The highest BCUT2D eigenvalue weighted by Gasteiger charge is 2.47. The molecule has 1 fully saturated rings. The summed E-state index contributed by atoms with van der Waals surface area (Å²) in [4.78, 5) is 182. The number of hydrogen-bond acceptors (Lipinski definition) is 15. The molecule has 6 N–H and O–H groups in total. The molecule has 0 radical (unpaired) electrons. The van der Waals surface area contributed by atoms with Gasteiger partial charge in [-0.15, -0.1) is 0 Å². The predicted molar refractivity (Wildman–Crippen MR) is 350 cm³/mol. The first-order valence-electron chi connectivity index (χ1n) is 32.6. The number of likely N-dealkylation sites (N-methyl/N-ethyl adjacent to an activating group) is 7. The zero-order valence-electron chi connectivity index (χ0n) is 59.8. The SMILES string of the molecule is C/C=C/C[C@@H](C)[C@@H](O)[C@H]1C(=O)N[C@@H](CC)C(=O)N(C)[C@H](COCCC=O)C(=O)N(C)[C@@H](CC(C)(C)O)C(=O)N[C@@H](C(C)C)C(=O)N(C)[C@@H](CC(C)C)C(=O)N[C@@H](C)C(=O)N[C@H](C)C(=O)N(C)[C@@H](CC(C)C)C(=O)N(C)[C@@H](CC(C)C)C(=O)N(C)[C@@H](C(C)C)C(=O)N1C. The zero-order valence-corrected chi connectivity index (χ0v) is 59.8. The molecule has 0 saturated carbocycles. The summed E-state index contributed by atoms with van der Waals surface area (Å²) in [5, 5.41) is 34.4. The fraction of sp³-hybridized carbons (Fsp3) is 0.788. The minimum atomic E-state index is -1.70. The molecule has 0 aromatic heterocycles. The van der Waals surface area contributed by atoms with E-state index in [0.29, 0.717) is 6.29 Å². The highest BCUT2D eigenvalue weighted by molar-refractivity contribution is 6.00. The minimum absolute atomic E-state index is 0.0870. The van der Waals surface area contributed by atoms with Gasteiger partial charge in [-0.25, -0.2) is 0 Å². The van der Waals surface area contributed by atoms with Crippen LogP contribution in [-0.2, 0) is 62.3 Å². The fourth-order valence-electron chi connectivity index (χ4n) is 11.3. The maximum atomic E-state index is 15.3. The Kier molecular flexibility index (Phi) is 34.5. The first-order chi connectivity index (χ1) is 42.5. The largest absolute Gasteiger partial charge is 0.390 e. The van der Waals surface area contributed by atoms with E-state index in [0.717, 1.165) is 14.7 Å². The lowest BCUT2D eigenvalue weighted by atomic mass is 9.91. The molecule has 1 saturated heterocycles. The van der Waals surface area contributed by atoms with Crippen LogP contribution in [0.1, 0.15) is 163 Å². The van der Waals surface area contributed by atoms with Crippen molar-refractivity contribution < 1.29 is 72.5 Å². The van der Waals surface area contributed by atoms with Gasteiger partial charge in [-0.3, -0.25) is 52.7 Å². The van der Waals surface area contributed by atoms with Crippen molar-refractivity contribution in [2.45, 2.75) is 241 Å². The van der Waals surface area contributed by atoms with Crippen molar-refractivity contribution in [3.05, 3.63) is 12.2 Å². The normalized spacial score (nSPS) is 26.7. The second-order valence-corrected chi connectivity index (χ2v) is 27.7. The molecule has 11 amide bonds. The molecule has 0 aromatic rings. The van der Waals surface area contributed by atoms with Crippen LogP contribution in [-0.4, -0.2) is 256 Å². The highest BCUT2D eigenvalue weighted by atomic mass is 16.5. The number of nitrogens with one attached hydrogen (secondary N) is 4. The molecule has 0 unspecified atom stereocenters. The molecular weight excluding hydrogens is 1190 g/mol. The van der Waals surface area contributed by atoms with Crippen molar-refractivity contribution in [2.24, 2.45) is 35.5 Å². The van der Waals surface area contributed by atoms with Crippen molar-refractivity contribution in [1.82, 2.24) is 55.6 Å². The quantitative estimate of drug-likeness (QED) is 0.0579. The third-order valence-electron chi connectivity index (χ3n) is 17.0. The van der Waals surface area contributed by atoms with Crippen LogP contribution in [0, 0.1) is 35.5 Å². The standard InChI is InChI=1S/C66H117N11O15/c1-25-27-29-42(13)54(79)53-58(83)69-45(26-2)60(85)75(22)50(36-92-31-28-30-78)63(88)74(21)49(35-66(16,17)91)57(82)70-51(40(9)10)64(89)71(18)46(32-37(3)4)56(81)67-43(14)55(80)68-44(15)59(84)72(19)47(33-38(5)6)61(86)73(20)48(34-39(7)8)62(87)76(23)52(41(11)12)65(90)77(53)24/h25,27,30,37-54,79,91H,26,28-29,31-36H2,1-24H3,(H,67,81)(H,68,80)(H,69,83)(H,70,82)/b27-25+/t42-,43+,44-,45+,46+,47+,48+,49+,50-,51+,52+,53+,54-/m1/s1. The lowest BCUT2D eigenvalue weighted by molar-refractivity contribution is -0.157. The Balaban J connectivity index is 4.55. The van der Waals surface area contributed by atoms with E-state index >= 15 is 24.0 Å². The molecule has 0 aliphatic carbocycles. The van der Waals surface area contributed by atoms with Crippen molar-refractivity contribution in [1.29, 1.82) is 0 Å². The van der Waals surface area contributed by atoms with Crippen LogP contribution in [0.25, 0.3) is 0 Å². The van der Waals surface area contributed by atoms with E-state index in [1.807, 2.05) is 41.5 Å². The lowest BCUT2D eigenvalue weighted by Gasteiger charge is -2.41. The zero-order chi connectivity index (χ0) is 71.3. The Hall–Kier alpha value is -6.54. The molecule has 92 heavy (non-hydrogen) atoms. The molecule has 526 valence electrons. The molecule has 0 bridgehead atoms. The summed E-state index contributed by atoms with van der Waals surface area (Å²) in [6.07, 6.45) is 2.55. The van der Waals surface area contributed by atoms with Gasteiger partial charge in [-0.1, -0.05) is 95.2 Å². The predicted octanol–water partition coefficient (Wildman–Crippen LogP) is 2.36. The number of aliphatic hydroxyl groups is 2. The van der Waals surface area contributed by atoms with Crippen LogP contribution >= 0.6 is 0 Å². The van der Waals surface area contributed by atoms with Crippen molar-refractivity contribution >= 4 is 71.3 Å². The summed E-state index contributed by atoms with van der Waals surface area (Å²) in [5.74, 6) is -11.0. The van der Waals surface area contributed by atoms with Crippen molar-refractivity contribution in [2.75, 3.05) is 62.5 Å². The average molecular weight is 1300 g/mol. The van der Waals surface area contributed by atoms with Gasteiger partial charge in [0.1, 0.15) is 72.7 Å². The van der Waals surface area contributed by atoms with E-state index in [4.69, 9.17) is 4.74 Å². The van der Waals surface area contributed by atoms with Crippen LogP contribution in [0.3, 0.4) is 0 Å². The van der Waals surface area contributed by atoms with Crippen LogP contribution in [0.5, 0.6) is 0 Å². The van der Waals surface area contributed by atoms with E-state index in [1.165, 1.54) is 96.6 Å². The van der Waals surface area contributed by atoms with Crippen LogP contribution in [0.15, 0.2) is 12.2 Å². The molecule has 0 aromatic carbocycles. The van der Waals surface area contributed by atoms with Gasteiger partial charge in [0.05, 0.1) is 24.9 Å². The molecule has 26 heteroatoms. The number of ether oxygens (including phenoxy) is 1. The lowest BCUT2D eigenvalue weighted by Crippen LogP contribution is -2.64. The minimum Gasteiger partial charge on any atom is -0.390 e. The maximum absolute atomic E-state index is 15.3. The number of rotatable bonds is 20. The van der Waals surface area contributed by atoms with Gasteiger partial charge in [0.15, 0.2) is 0 Å². The molecule has 1 aliphatic rings. The molecule has 1 aliphatic heterocycles. The Morgan fingerprint density at radius 3 is 1.41 bits per heavy atom. The third kappa shape index (κ3) is 23.8. The summed E-state index contributed by atoms with van der Waals surface area (Å²) >= 11 is 0. The number of carbonyl (C=O) groups excluding carboxylic acids is 12. The molecule has 1 rings (SSSR count). The Bertz CT molecular complexity index is 2540. The number of hydrogen-bond donors (Lipinski definition) is 6. The van der Waals surface area contributed by atoms with Gasteiger partial charge in [0, 0.05) is 62.2 Å². The number of aldehydes is 1. The van der Waals surface area contributed by atoms with E-state index < -0.39 is 174 Å². The number of nitrogens with zero attached hydrogens (tertiary/aromatic N) is 7. The Morgan fingerprint density at radius 1 is 0.511 bits per heavy atom. The van der Waals surface area contributed by atoms with Gasteiger partial charge in [-0.05, 0) is 102 Å². The smallest absolute Gasteiger partial charge is 0.248 e. The molecular formula is C66H117N11O15. The summed E-state index contributed by atoms with van der Waals surface area (Å²) in [5.41, 5.74) is -1.64. The van der Waals surface area contributed by atoms with Crippen LogP contribution < -0.4 is 21.3 Å². The van der Waals surface area contributed by atoms with E-state index in [1.54, 1.807) is 60.6 Å². The molecule has 1 heterocycles. The number of amides is 11. The monoisotopic (exact) mass is 1300 g/mol. The maximum Gasteiger partial charge on any atom is 0.248 e. The second kappa shape index (κ2) is 38.0. The number of carbonyl (C=O) groups is 12. The van der Waals surface area contributed by atoms with Gasteiger partial charge < -0.3 is 75.3 Å². The first-order valence-corrected chi connectivity index (χ1v) is 32.6. The van der Waals surface area contributed by atoms with E-state index in [-0.39, 0.29) is 62.9 Å². The topological polar surface area (TPSA) is 325 Å². The average Bonchev–Trinajstić information content (AvgIpc) is 0.865. The second-order valence-electron chi connectivity index (χ2n) is 27.7. The molecule has 26 nitrogen and oxygen atoms in total. The fourth-order valence-corrected chi connectivity index (χ4v) is 11.3. The van der Waals surface area contributed by atoms with Gasteiger partial charge in [0.2, 0.25) is 65.0 Å². The van der Waals surface area contributed by atoms with Crippen LogP contribution in [0.4, 0.5) is 0 Å². The van der Waals surface area contributed by atoms with Gasteiger partial charge in [-0.2, -0.15) is 0 Å². The summed E-state index contributed by atoms with van der Waals surface area (Å²) in [6, 6.07) is -15.0. The van der Waals surface area contributed by atoms with Crippen molar-refractivity contribution in [3.63, 3.8) is 0 Å². The van der Waals surface area contributed by atoms with E-state index in [9.17, 15) is 43.8 Å². The number of allylic oxidation sites excluding steroid dienone is 2.